The first-order chi connectivity index (χ1) is 7.83. The van der Waals surface area contributed by atoms with Crippen molar-refractivity contribution >= 4 is 6.08 Å². The minimum Gasteiger partial charge on any atom is -0.228 e. The number of fused-ring (bicyclic) bond motifs is 1. The van der Waals surface area contributed by atoms with Crippen molar-refractivity contribution in [3.63, 3.8) is 0 Å². The van der Waals surface area contributed by atoms with E-state index in [-0.39, 0.29) is 0 Å². The topological polar surface area (TPSA) is 12.9 Å². The van der Waals surface area contributed by atoms with E-state index >= 15 is 0 Å². The van der Waals surface area contributed by atoms with E-state index in [2.05, 4.69) is 35.3 Å². The lowest BCUT2D eigenvalue weighted by atomic mass is 10.0. The second-order valence-corrected chi connectivity index (χ2v) is 3.89. The van der Waals surface area contributed by atoms with Gasteiger partial charge in [-0.05, 0) is 41.3 Å². The Labute approximate surface area is 93.3 Å². The first-order valence-electron chi connectivity index (χ1n) is 5.24. The molecule has 78 valence electrons. The maximum absolute atomic E-state index is 12.7. The van der Waals surface area contributed by atoms with Gasteiger partial charge in [0.05, 0.1) is 0 Å². The monoisotopic (exact) mass is 211 g/mol. The molecule has 0 spiro atoms. The summed E-state index contributed by atoms with van der Waals surface area (Å²) in [7, 11) is 0. The molecular formula is C14H10FN. The number of aromatic nitrogens is 1. The molecule has 0 saturated carbocycles. The fourth-order valence-electron chi connectivity index (χ4n) is 1.97. The summed E-state index contributed by atoms with van der Waals surface area (Å²) in [6, 6.07) is 9.43. The lowest BCUT2D eigenvalue weighted by molar-refractivity contribution is 0.584. The van der Waals surface area contributed by atoms with Gasteiger partial charge in [-0.25, -0.2) is 4.98 Å². The Morgan fingerprint density at radius 3 is 2.75 bits per heavy atom. The molecule has 0 radical (unpaired) electrons. The molecule has 1 aliphatic rings. The smallest absolute Gasteiger partial charge is 0.212 e. The zero-order chi connectivity index (χ0) is 11.0. The van der Waals surface area contributed by atoms with Crippen molar-refractivity contribution in [3.05, 3.63) is 59.7 Å². The lowest BCUT2D eigenvalue weighted by Crippen LogP contribution is -1.86. The molecule has 0 atom stereocenters. The van der Waals surface area contributed by atoms with Gasteiger partial charge in [0.1, 0.15) is 0 Å². The van der Waals surface area contributed by atoms with E-state index in [1.54, 1.807) is 12.3 Å². The van der Waals surface area contributed by atoms with Crippen LogP contribution in [0.5, 0.6) is 0 Å². The van der Waals surface area contributed by atoms with Crippen molar-refractivity contribution in [1.82, 2.24) is 4.98 Å². The maximum atomic E-state index is 12.7. The summed E-state index contributed by atoms with van der Waals surface area (Å²) in [5.74, 6) is -0.440. The number of rotatable bonds is 1. The number of pyridine rings is 1. The number of hydrogen-bond acceptors (Lipinski definition) is 1. The first-order valence-corrected chi connectivity index (χ1v) is 5.24. The van der Waals surface area contributed by atoms with Crippen LogP contribution >= 0.6 is 0 Å². The van der Waals surface area contributed by atoms with Crippen molar-refractivity contribution in [2.24, 2.45) is 0 Å². The highest BCUT2D eigenvalue weighted by Gasteiger charge is 2.06. The van der Waals surface area contributed by atoms with Gasteiger partial charge in [0.25, 0.3) is 0 Å². The standard InChI is InChI=1S/C14H10FN/c15-14-7-6-13(9-16-14)12-5-4-10-2-1-3-11(10)8-12/h1,3-9H,2H2. The molecule has 2 heteroatoms. The first kappa shape index (κ1) is 9.28. The fraction of sp³-hybridized carbons (Fsp3) is 0.0714. The summed E-state index contributed by atoms with van der Waals surface area (Å²) in [5.41, 5.74) is 4.63. The maximum Gasteiger partial charge on any atom is 0.212 e. The third-order valence-electron chi connectivity index (χ3n) is 2.84. The van der Waals surface area contributed by atoms with Crippen LogP contribution in [0.1, 0.15) is 11.1 Å². The molecule has 1 heterocycles. The van der Waals surface area contributed by atoms with Crippen LogP contribution in [0.3, 0.4) is 0 Å². The highest BCUT2D eigenvalue weighted by molar-refractivity contribution is 5.70. The second kappa shape index (κ2) is 3.56. The quantitative estimate of drug-likeness (QED) is 0.658. The third-order valence-corrected chi connectivity index (χ3v) is 2.84. The highest BCUT2D eigenvalue weighted by atomic mass is 19.1. The van der Waals surface area contributed by atoms with E-state index in [9.17, 15) is 4.39 Å². The molecule has 0 bridgehead atoms. The summed E-state index contributed by atoms with van der Waals surface area (Å²) in [5, 5.41) is 0. The molecular weight excluding hydrogens is 201 g/mol. The molecule has 0 amide bonds. The summed E-state index contributed by atoms with van der Waals surface area (Å²) in [6.07, 6.45) is 6.85. The van der Waals surface area contributed by atoms with Crippen molar-refractivity contribution in [2.45, 2.75) is 6.42 Å². The van der Waals surface area contributed by atoms with Crippen molar-refractivity contribution in [2.75, 3.05) is 0 Å². The fourth-order valence-corrected chi connectivity index (χ4v) is 1.97. The van der Waals surface area contributed by atoms with Crippen molar-refractivity contribution < 1.29 is 4.39 Å². The number of halogens is 1. The van der Waals surface area contributed by atoms with E-state index in [0.717, 1.165) is 17.5 Å². The molecule has 0 unspecified atom stereocenters. The lowest BCUT2D eigenvalue weighted by Gasteiger charge is -2.04. The average Bonchev–Trinajstić information content (AvgIpc) is 2.77. The van der Waals surface area contributed by atoms with Crippen LogP contribution in [0.15, 0.2) is 42.6 Å². The van der Waals surface area contributed by atoms with Gasteiger partial charge in [-0.3, -0.25) is 0 Å². The molecule has 0 N–H and O–H groups in total. The van der Waals surface area contributed by atoms with Gasteiger partial charge in [0.2, 0.25) is 5.95 Å². The number of nitrogens with zero attached hydrogens (tertiary/aromatic N) is 1. The van der Waals surface area contributed by atoms with Gasteiger partial charge in [-0.1, -0.05) is 24.3 Å². The molecule has 16 heavy (non-hydrogen) atoms. The Morgan fingerprint density at radius 1 is 1.06 bits per heavy atom. The summed E-state index contributed by atoms with van der Waals surface area (Å²) < 4.78 is 12.7. The minimum atomic E-state index is -0.440. The van der Waals surface area contributed by atoms with Gasteiger partial charge in [-0.15, -0.1) is 0 Å². The van der Waals surface area contributed by atoms with Crippen LogP contribution < -0.4 is 0 Å². The second-order valence-electron chi connectivity index (χ2n) is 3.89. The van der Waals surface area contributed by atoms with Crippen molar-refractivity contribution in [1.29, 1.82) is 0 Å². The van der Waals surface area contributed by atoms with E-state index in [4.69, 9.17) is 0 Å². The number of hydrogen-bond donors (Lipinski definition) is 0. The van der Waals surface area contributed by atoms with Gasteiger partial charge in [0.15, 0.2) is 0 Å². The molecule has 1 aliphatic carbocycles. The summed E-state index contributed by atoms with van der Waals surface area (Å²) in [6.45, 7) is 0. The summed E-state index contributed by atoms with van der Waals surface area (Å²) in [4.78, 5) is 3.66. The number of benzene rings is 1. The van der Waals surface area contributed by atoms with Gasteiger partial charge >= 0.3 is 0 Å². The normalized spacial score (nSPS) is 12.8. The minimum absolute atomic E-state index is 0.440. The van der Waals surface area contributed by atoms with Crippen LogP contribution in [0.2, 0.25) is 0 Å². The van der Waals surface area contributed by atoms with Crippen LogP contribution in [0, 0.1) is 5.95 Å². The molecule has 1 aromatic heterocycles. The van der Waals surface area contributed by atoms with Crippen LogP contribution in [-0.4, -0.2) is 4.98 Å². The molecule has 0 fully saturated rings. The van der Waals surface area contributed by atoms with E-state index in [1.807, 2.05) is 0 Å². The van der Waals surface area contributed by atoms with Gasteiger partial charge in [0, 0.05) is 11.8 Å². The SMILES string of the molecule is Fc1ccc(-c2ccc3c(c2)C=CC3)cn1. The Morgan fingerprint density at radius 2 is 1.94 bits per heavy atom. The molecule has 1 aromatic carbocycles. The van der Waals surface area contributed by atoms with Gasteiger partial charge in [-0.2, -0.15) is 4.39 Å². The molecule has 2 aromatic rings. The summed E-state index contributed by atoms with van der Waals surface area (Å²) >= 11 is 0. The van der Waals surface area contributed by atoms with E-state index in [0.29, 0.717) is 0 Å². The Balaban J connectivity index is 2.07. The predicted octanol–water partition coefficient (Wildman–Crippen LogP) is 3.46. The van der Waals surface area contributed by atoms with E-state index < -0.39 is 5.95 Å². The zero-order valence-corrected chi connectivity index (χ0v) is 8.65. The Kier molecular flexibility index (Phi) is 2.07. The van der Waals surface area contributed by atoms with Crippen LogP contribution in [0.4, 0.5) is 4.39 Å². The Hall–Kier alpha value is -1.96. The van der Waals surface area contributed by atoms with Crippen LogP contribution in [-0.2, 0) is 6.42 Å². The molecule has 0 saturated heterocycles. The largest absolute Gasteiger partial charge is 0.228 e. The average molecular weight is 211 g/mol. The number of allylic oxidation sites excluding steroid dienone is 1. The van der Waals surface area contributed by atoms with Gasteiger partial charge < -0.3 is 0 Å². The Bertz CT molecular complexity index is 555. The predicted molar refractivity (Wildman–Crippen MR) is 62.4 cm³/mol. The third kappa shape index (κ3) is 1.52. The highest BCUT2D eigenvalue weighted by Crippen LogP contribution is 2.26. The van der Waals surface area contributed by atoms with E-state index in [1.165, 1.54) is 17.2 Å². The van der Waals surface area contributed by atoms with Crippen molar-refractivity contribution in [3.8, 4) is 11.1 Å². The zero-order valence-electron chi connectivity index (χ0n) is 8.65. The molecule has 3 rings (SSSR count). The van der Waals surface area contributed by atoms with Crippen LogP contribution in [0.25, 0.3) is 17.2 Å². The molecule has 0 aliphatic heterocycles. The molecule has 1 nitrogen and oxygen atoms in total.